The van der Waals surface area contributed by atoms with Gasteiger partial charge < -0.3 is 10.0 Å². The van der Waals surface area contributed by atoms with Gasteiger partial charge in [-0.05, 0) is 31.2 Å². The van der Waals surface area contributed by atoms with Crippen LogP contribution >= 0.6 is 15.9 Å². The van der Waals surface area contributed by atoms with Crippen molar-refractivity contribution < 1.29 is 9.90 Å². The molecule has 1 amide bonds. The van der Waals surface area contributed by atoms with Crippen molar-refractivity contribution >= 4 is 21.8 Å². The maximum Gasteiger partial charge on any atom is 0.253 e. The van der Waals surface area contributed by atoms with Crippen LogP contribution in [0.4, 0.5) is 0 Å². The van der Waals surface area contributed by atoms with E-state index in [1.54, 1.807) is 6.92 Å². The second-order valence-electron chi connectivity index (χ2n) is 4.95. The molecule has 1 saturated heterocycles. The highest BCUT2D eigenvalue weighted by atomic mass is 79.9. The molecular weight excluding hydrogens is 308 g/mol. The summed E-state index contributed by atoms with van der Waals surface area (Å²) in [6.45, 7) is 5.57. The Balaban J connectivity index is 1.90. The molecule has 19 heavy (non-hydrogen) atoms. The van der Waals surface area contributed by atoms with Gasteiger partial charge in [0.1, 0.15) is 0 Å². The number of carbonyl (C=O) groups is 1. The van der Waals surface area contributed by atoms with E-state index >= 15 is 0 Å². The largest absolute Gasteiger partial charge is 0.392 e. The van der Waals surface area contributed by atoms with Crippen LogP contribution in [0.3, 0.4) is 0 Å². The van der Waals surface area contributed by atoms with Crippen LogP contribution in [0, 0.1) is 0 Å². The fourth-order valence-corrected chi connectivity index (χ4v) is 2.55. The second-order valence-corrected chi connectivity index (χ2v) is 5.86. The number of β-amino-alcohol motifs (C(OH)–C–C–N with tert-alkyl or cyclic N) is 1. The molecule has 0 aromatic heterocycles. The first-order valence-corrected chi connectivity index (χ1v) is 7.31. The summed E-state index contributed by atoms with van der Waals surface area (Å²) < 4.78 is 0.978. The summed E-state index contributed by atoms with van der Waals surface area (Å²) in [6.07, 6.45) is -0.311. The van der Waals surface area contributed by atoms with E-state index in [0.717, 1.165) is 36.2 Å². The lowest BCUT2D eigenvalue weighted by molar-refractivity contribution is 0.0554. The molecule has 1 atom stereocenters. The number of halogens is 1. The summed E-state index contributed by atoms with van der Waals surface area (Å²) in [5.74, 6) is 0.0872. The molecule has 1 N–H and O–H groups in total. The van der Waals surface area contributed by atoms with Gasteiger partial charge in [-0.1, -0.05) is 15.9 Å². The van der Waals surface area contributed by atoms with Crippen molar-refractivity contribution in [3.05, 3.63) is 34.3 Å². The predicted molar refractivity (Wildman–Crippen MR) is 78.2 cm³/mol. The molecule has 1 aliphatic heterocycles. The van der Waals surface area contributed by atoms with E-state index in [0.29, 0.717) is 6.54 Å². The van der Waals surface area contributed by atoms with Crippen molar-refractivity contribution in [2.75, 3.05) is 32.7 Å². The first-order valence-electron chi connectivity index (χ1n) is 6.51. The highest BCUT2D eigenvalue weighted by molar-refractivity contribution is 9.10. The van der Waals surface area contributed by atoms with Crippen molar-refractivity contribution in [1.82, 2.24) is 9.80 Å². The lowest BCUT2D eigenvalue weighted by atomic mass is 10.2. The van der Waals surface area contributed by atoms with Gasteiger partial charge in [0.05, 0.1) is 6.10 Å². The molecule has 2 rings (SSSR count). The molecule has 0 saturated carbocycles. The van der Waals surface area contributed by atoms with Gasteiger partial charge in [0.15, 0.2) is 0 Å². The Morgan fingerprint density at radius 3 is 2.37 bits per heavy atom. The van der Waals surface area contributed by atoms with Crippen LogP contribution in [0.1, 0.15) is 17.3 Å². The van der Waals surface area contributed by atoms with E-state index in [9.17, 15) is 9.90 Å². The van der Waals surface area contributed by atoms with Gasteiger partial charge in [0.25, 0.3) is 5.91 Å². The van der Waals surface area contributed by atoms with E-state index in [1.807, 2.05) is 29.2 Å². The third-order valence-corrected chi connectivity index (χ3v) is 3.80. The zero-order valence-electron chi connectivity index (χ0n) is 11.1. The highest BCUT2D eigenvalue weighted by Crippen LogP contribution is 2.13. The van der Waals surface area contributed by atoms with Crippen LogP contribution < -0.4 is 0 Å². The molecule has 0 spiro atoms. The Bertz CT molecular complexity index is 426. The SMILES string of the molecule is C[C@H](O)CN1CCN(C(=O)c2ccc(Br)cc2)CC1. The van der Waals surface area contributed by atoms with Gasteiger partial charge in [-0.25, -0.2) is 0 Å². The number of hydrogen-bond acceptors (Lipinski definition) is 3. The van der Waals surface area contributed by atoms with Crippen LogP contribution in [0.2, 0.25) is 0 Å². The molecule has 1 aliphatic rings. The van der Waals surface area contributed by atoms with Crippen molar-refractivity contribution in [2.45, 2.75) is 13.0 Å². The monoisotopic (exact) mass is 326 g/mol. The third-order valence-electron chi connectivity index (χ3n) is 3.27. The molecule has 0 radical (unpaired) electrons. The summed E-state index contributed by atoms with van der Waals surface area (Å²) in [4.78, 5) is 16.3. The number of piperazine rings is 1. The number of hydrogen-bond donors (Lipinski definition) is 1. The molecule has 0 unspecified atom stereocenters. The summed E-state index contributed by atoms with van der Waals surface area (Å²) in [5, 5.41) is 9.36. The number of amides is 1. The molecule has 4 nitrogen and oxygen atoms in total. The minimum absolute atomic E-state index is 0.0872. The normalized spacial score (nSPS) is 18.4. The quantitative estimate of drug-likeness (QED) is 0.917. The van der Waals surface area contributed by atoms with Crippen molar-refractivity contribution in [3.63, 3.8) is 0 Å². The van der Waals surface area contributed by atoms with Gasteiger partial charge >= 0.3 is 0 Å². The summed E-state index contributed by atoms with van der Waals surface area (Å²) in [5.41, 5.74) is 0.729. The number of carbonyl (C=O) groups excluding carboxylic acids is 1. The van der Waals surface area contributed by atoms with E-state index < -0.39 is 0 Å². The van der Waals surface area contributed by atoms with Gasteiger partial charge in [0.2, 0.25) is 0 Å². The second kappa shape index (κ2) is 6.50. The fourth-order valence-electron chi connectivity index (χ4n) is 2.28. The number of aliphatic hydroxyl groups excluding tert-OH is 1. The van der Waals surface area contributed by atoms with E-state index in [1.165, 1.54) is 0 Å². The molecule has 1 aromatic carbocycles. The maximum atomic E-state index is 12.3. The average Bonchev–Trinajstić information content (AvgIpc) is 2.39. The fraction of sp³-hybridized carbons (Fsp3) is 0.500. The van der Waals surface area contributed by atoms with Crippen LogP contribution in [0.5, 0.6) is 0 Å². The Labute approximate surface area is 122 Å². The number of rotatable bonds is 3. The molecule has 5 heteroatoms. The first-order chi connectivity index (χ1) is 9.06. The lowest BCUT2D eigenvalue weighted by Crippen LogP contribution is -2.50. The molecule has 0 aliphatic carbocycles. The maximum absolute atomic E-state index is 12.3. The molecule has 0 bridgehead atoms. The zero-order valence-corrected chi connectivity index (χ0v) is 12.6. The van der Waals surface area contributed by atoms with Crippen LogP contribution in [-0.2, 0) is 0 Å². The Morgan fingerprint density at radius 1 is 1.26 bits per heavy atom. The molecular formula is C14H19BrN2O2. The van der Waals surface area contributed by atoms with Crippen molar-refractivity contribution in [1.29, 1.82) is 0 Å². The number of aliphatic hydroxyl groups is 1. The predicted octanol–water partition coefficient (Wildman–Crippen LogP) is 1.59. The number of benzene rings is 1. The highest BCUT2D eigenvalue weighted by Gasteiger charge is 2.22. The van der Waals surface area contributed by atoms with Crippen LogP contribution in [-0.4, -0.2) is 59.6 Å². The molecule has 104 valence electrons. The Morgan fingerprint density at radius 2 is 1.84 bits per heavy atom. The van der Waals surface area contributed by atoms with Gasteiger partial charge in [-0.2, -0.15) is 0 Å². The topological polar surface area (TPSA) is 43.8 Å². The average molecular weight is 327 g/mol. The Hall–Kier alpha value is -0.910. The number of nitrogens with zero attached hydrogens (tertiary/aromatic N) is 2. The van der Waals surface area contributed by atoms with E-state index in [4.69, 9.17) is 0 Å². The zero-order chi connectivity index (χ0) is 13.8. The van der Waals surface area contributed by atoms with Crippen molar-refractivity contribution in [3.8, 4) is 0 Å². The molecule has 1 aromatic rings. The molecule has 1 fully saturated rings. The van der Waals surface area contributed by atoms with E-state index in [-0.39, 0.29) is 12.0 Å². The van der Waals surface area contributed by atoms with Gasteiger partial charge in [-0.15, -0.1) is 0 Å². The van der Waals surface area contributed by atoms with Crippen LogP contribution in [0.15, 0.2) is 28.7 Å². The smallest absolute Gasteiger partial charge is 0.253 e. The summed E-state index contributed by atoms with van der Waals surface area (Å²) in [6, 6.07) is 7.46. The minimum atomic E-state index is -0.311. The summed E-state index contributed by atoms with van der Waals surface area (Å²) in [7, 11) is 0. The molecule has 1 heterocycles. The lowest BCUT2D eigenvalue weighted by Gasteiger charge is -2.35. The third kappa shape index (κ3) is 4.03. The minimum Gasteiger partial charge on any atom is -0.392 e. The summed E-state index contributed by atoms with van der Waals surface area (Å²) >= 11 is 3.37. The van der Waals surface area contributed by atoms with Crippen molar-refractivity contribution in [2.24, 2.45) is 0 Å². The standard InChI is InChI=1S/C14H19BrN2O2/c1-11(18)10-16-6-8-17(9-7-16)14(19)12-2-4-13(15)5-3-12/h2-5,11,18H,6-10H2,1H3/t11-/m0/s1. The van der Waals surface area contributed by atoms with Gasteiger partial charge in [0, 0.05) is 42.8 Å². The Kier molecular flexibility index (Phi) is 4.96. The first kappa shape index (κ1) is 14.5. The van der Waals surface area contributed by atoms with E-state index in [2.05, 4.69) is 20.8 Å². The van der Waals surface area contributed by atoms with Gasteiger partial charge in [-0.3, -0.25) is 9.69 Å². The van der Waals surface area contributed by atoms with Crippen LogP contribution in [0.25, 0.3) is 0 Å².